The normalized spacial score (nSPS) is 14.7. The number of hydrogen-bond donors (Lipinski definition) is 3. The largest absolute Gasteiger partial charge is 0.478 e. The second-order valence-electron chi connectivity index (χ2n) is 5.35. The van der Waals surface area contributed by atoms with Gasteiger partial charge in [-0.2, -0.15) is 0 Å². The first-order valence-electron chi connectivity index (χ1n) is 6.97. The lowest BCUT2D eigenvalue weighted by Crippen LogP contribution is -2.23. The molecule has 0 radical (unpaired) electrons. The molecule has 2 heterocycles. The van der Waals surface area contributed by atoms with Gasteiger partial charge in [-0.15, -0.1) is 0 Å². The molecule has 2 aromatic heterocycles. The fourth-order valence-corrected chi connectivity index (χ4v) is 2.66. The Morgan fingerprint density at radius 2 is 2.19 bits per heavy atom. The van der Waals surface area contributed by atoms with Crippen LogP contribution in [0.3, 0.4) is 0 Å². The van der Waals surface area contributed by atoms with Crippen molar-refractivity contribution >= 4 is 17.6 Å². The maximum Gasteiger partial charge on any atom is 0.339 e. The van der Waals surface area contributed by atoms with E-state index in [1.165, 1.54) is 12.6 Å². The second kappa shape index (κ2) is 5.12. The predicted molar refractivity (Wildman–Crippen MR) is 77.8 cm³/mol. The SMILES string of the molecule is Cc1[nH]cc(NC(=O)c2cccn2C2CCC2)c1C(=O)O. The number of anilines is 1. The molecule has 1 aliphatic carbocycles. The predicted octanol–water partition coefficient (Wildman–Crippen LogP) is 2.80. The maximum atomic E-state index is 12.4. The Morgan fingerprint density at radius 1 is 1.43 bits per heavy atom. The zero-order chi connectivity index (χ0) is 15.0. The number of aromatic carboxylic acids is 1. The third-order valence-electron chi connectivity index (χ3n) is 4.02. The molecule has 21 heavy (non-hydrogen) atoms. The monoisotopic (exact) mass is 287 g/mol. The second-order valence-corrected chi connectivity index (χ2v) is 5.35. The summed E-state index contributed by atoms with van der Waals surface area (Å²) in [4.78, 5) is 26.4. The summed E-state index contributed by atoms with van der Waals surface area (Å²) in [6.45, 7) is 1.66. The molecule has 1 aliphatic rings. The van der Waals surface area contributed by atoms with Crippen molar-refractivity contribution in [3.63, 3.8) is 0 Å². The number of carbonyl (C=O) groups excluding carboxylic acids is 1. The molecule has 1 saturated carbocycles. The van der Waals surface area contributed by atoms with Crippen LogP contribution in [0.4, 0.5) is 5.69 Å². The number of nitrogens with zero attached hydrogens (tertiary/aromatic N) is 1. The average molecular weight is 287 g/mol. The van der Waals surface area contributed by atoms with Crippen molar-refractivity contribution in [2.24, 2.45) is 0 Å². The van der Waals surface area contributed by atoms with E-state index in [0.29, 0.717) is 23.1 Å². The van der Waals surface area contributed by atoms with Gasteiger partial charge in [0.05, 0.1) is 5.69 Å². The van der Waals surface area contributed by atoms with Gasteiger partial charge in [0.25, 0.3) is 5.91 Å². The highest BCUT2D eigenvalue weighted by atomic mass is 16.4. The van der Waals surface area contributed by atoms with Crippen LogP contribution in [-0.2, 0) is 0 Å². The molecule has 1 fully saturated rings. The molecule has 6 heteroatoms. The standard InChI is InChI=1S/C15H17N3O3/c1-9-13(15(20)21)11(8-16-9)17-14(19)12-6-3-7-18(12)10-4-2-5-10/h3,6-8,10,16H,2,4-5H2,1H3,(H,17,19)(H,20,21). The fourth-order valence-electron chi connectivity index (χ4n) is 2.66. The minimum Gasteiger partial charge on any atom is -0.478 e. The number of aromatic amines is 1. The molecule has 3 rings (SSSR count). The van der Waals surface area contributed by atoms with Crippen LogP contribution in [0.5, 0.6) is 0 Å². The number of aryl methyl sites for hydroxylation is 1. The molecule has 0 saturated heterocycles. The van der Waals surface area contributed by atoms with Crippen molar-refractivity contribution < 1.29 is 14.7 Å². The van der Waals surface area contributed by atoms with E-state index in [2.05, 4.69) is 10.3 Å². The minimum absolute atomic E-state index is 0.102. The summed E-state index contributed by atoms with van der Waals surface area (Å²) in [5.74, 6) is -1.34. The van der Waals surface area contributed by atoms with Crippen molar-refractivity contribution in [3.05, 3.63) is 41.5 Å². The van der Waals surface area contributed by atoms with Gasteiger partial charge < -0.3 is 20.0 Å². The Labute approximate surface area is 121 Å². The van der Waals surface area contributed by atoms with Crippen LogP contribution in [0.15, 0.2) is 24.5 Å². The Morgan fingerprint density at radius 3 is 2.81 bits per heavy atom. The first-order valence-corrected chi connectivity index (χ1v) is 6.97. The lowest BCUT2D eigenvalue weighted by atomic mass is 9.93. The summed E-state index contributed by atoms with van der Waals surface area (Å²) in [5, 5.41) is 11.9. The van der Waals surface area contributed by atoms with Gasteiger partial charge in [0.2, 0.25) is 0 Å². The van der Waals surface area contributed by atoms with Crippen LogP contribution in [-0.4, -0.2) is 26.5 Å². The molecule has 110 valence electrons. The molecule has 6 nitrogen and oxygen atoms in total. The molecule has 3 N–H and O–H groups in total. The zero-order valence-corrected chi connectivity index (χ0v) is 11.7. The third-order valence-corrected chi connectivity index (χ3v) is 4.02. The van der Waals surface area contributed by atoms with Gasteiger partial charge in [-0.05, 0) is 38.3 Å². The van der Waals surface area contributed by atoms with Gasteiger partial charge >= 0.3 is 5.97 Å². The molecule has 0 unspecified atom stereocenters. The van der Waals surface area contributed by atoms with Gasteiger partial charge in [-0.25, -0.2) is 4.79 Å². The number of H-pyrrole nitrogens is 1. The summed E-state index contributed by atoms with van der Waals surface area (Å²) in [6.07, 6.45) is 6.76. The minimum atomic E-state index is -1.06. The lowest BCUT2D eigenvalue weighted by Gasteiger charge is -2.28. The van der Waals surface area contributed by atoms with Crippen LogP contribution in [0.25, 0.3) is 0 Å². The van der Waals surface area contributed by atoms with Gasteiger partial charge in [0.15, 0.2) is 0 Å². The number of nitrogens with one attached hydrogen (secondary N) is 2. The first kappa shape index (κ1) is 13.5. The van der Waals surface area contributed by atoms with Gasteiger partial charge in [0, 0.05) is 24.1 Å². The molecular formula is C15H17N3O3. The quantitative estimate of drug-likeness (QED) is 0.808. The van der Waals surface area contributed by atoms with Crippen LogP contribution in [0.2, 0.25) is 0 Å². The highest BCUT2D eigenvalue weighted by Crippen LogP contribution is 2.33. The van der Waals surface area contributed by atoms with Gasteiger partial charge in [0.1, 0.15) is 11.3 Å². The number of carboxylic acid groups (broad SMARTS) is 1. The number of hydrogen-bond acceptors (Lipinski definition) is 2. The summed E-state index contributed by atoms with van der Waals surface area (Å²) in [5.41, 5.74) is 1.48. The van der Waals surface area contributed by atoms with Crippen LogP contribution in [0, 0.1) is 6.92 Å². The molecule has 0 atom stereocenters. The highest BCUT2D eigenvalue weighted by Gasteiger charge is 2.24. The number of aromatic nitrogens is 2. The fraction of sp³-hybridized carbons (Fsp3) is 0.333. The van der Waals surface area contributed by atoms with Crippen LogP contribution >= 0.6 is 0 Å². The molecule has 0 aliphatic heterocycles. The van der Waals surface area contributed by atoms with E-state index >= 15 is 0 Å². The summed E-state index contributed by atoms with van der Waals surface area (Å²) >= 11 is 0. The van der Waals surface area contributed by atoms with Gasteiger partial charge in [-0.3, -0.25) is 4.79 Å². The lowest BCUT2D eigenvalue weighted by molar-refractivity contribution is 0.0697. The maximum absolute atomic E-state index is 12.4. The molecule has 0 spiro atoms. The third kappa shape index (κ3) is 2.33. The van der Waals surface area contributed by atoms with Crippen LogP contribution in [0.1, 0.15) is 51.8 Å². The number of carboxylic acids is 1. The Balaban J connectivity index is 1.84. The molecule has 2 aromatic rings. The summed E-state index contributed by atoms with van der Waals surface area (Å²) in [7, 11) is 0. The van der Waals surface area contributed by atoms with Crippen LogP contribution < -0.4 is 5.32 Å². The Hall–Kier alpha value is -2.50. The number of carbonyl (C=O) groups is 2. The average Bonchev–Trinajstić information content (AvgIpc) is 2.94. The van der Waals surface area contributed by atoms with E-state index in [0.717, 1.165) is 12.8 Å². The van der Waals surface area contributed by atoms with Crippen molar-refractivity contribution in [2.75, 3.05) is 5.32 Å². The van der Waals surface area contributed by atoms with Crippen molar-refractivity contribution in [2.45, 2.75) is 32.2 Å². The van der Waals surface area contributed by atoms with E-state index in [1.54, 1.807) is 13.0 Å². The summed E-state index contributed by atoms with van der Waals surface area (Å²) < 4.78 is 1.97. The van der Waals surface area contributed by atoms with E-state index in [1.807, 2.05) is 16.8 Å². The van der Waals surface area contributed by atoms with Gasteiger partial charge in [-0.1, -0.05) is 0 Å². The first-order chi connectivity index (χ1) is 10.1. The molecule has 0 bridgehead atoms. The Bertz CT molecular complexity index is 695. The van der Waals surface area contributed by atoms with Crippen molar-refractivity contribution in [1.29, 1.82) is 0 Å². The zero-order valence-electron chi connectivity index (χ0n) is 11.7. The Kier molecular flexibility index (Phi) is 3.29. The highest BCUT2D eigenvalue weighted by molar-refractivity contribution is 6.07. The van der Waals surface area contributed by atoms with E-state index in [9.17, 15) is 14.7 Å². The smallest absolute Gasteiger partial charge is 0.339 e. The number of amides is 1. The summed E-state index contributed by atoms with van der Waals surface area (Å²) in [6, 6.07) is 3.98. The molecule has 1 amide bonds. The molecular weight excluding hydrogens is 270 g/mol. The molecule has 0 aromatic carbocycles. The van der Waals surface area contributed by atoms with E-state index in [-0.39, 0.29) is 11.5 Å². The van der Waals surface area contributed by atoms with E-state index < -0.39 is 5.97 Å². The van der Waals surface area contributed by atoms with Crippen molar-refractivity contribution in [1.82, 2.24) is 9.55 Å². The van der Waals surface area contributed by atoms with E-state index in [4.69, 9.17) is 0 Å². The number of rotatable bonds is 4. The topological polar surface area (TPSA) is 87.1 Å². The van der Waals surface area contributed by atoms with Crippen molar-refractivity contribution in [3.8, 4) is 0 Å².